The summed E-state index contributed by atoms with van der Waals surface area (Å²) >= 11 is 15.2. The maximum Gasteiger partial charge on any atom is 0.166 e. The van der Waals surface area contributed by atoms with Gasteiger partial charge in [0.25, 0.3) is 0 Å². The lowest BCUT2D eigenvalue weighted by molar-refractivity contribution is -0.0104. The fourth-order valence-electron chi connectivity index (χ4n) is 2.34. The molecule has 0 amide bonds. The molecule has 3 atom stereocenters. The van der Waals surface area contributed by atoms with Crippen molar-refractivity contribution in [2.45, 2.75) is 30.3 Å². The van der Waals surface area contributed by atoms with Crippen LogP contribution < -0.4 is 0 Å². The van der Waals surface area contributed by atoms with Crippen molar-refractivity contribution in [3.8, 4) is 0 Å². The van der Waals surface area contributed by atoms with Gasteiger partial charge in [0.15, 0.2) is 6.17 Å². The summed E-state index contributed by atoms with van der Waals surface area (Å²) < 4.78 is 26.1. The minimum atomic E-state index is -1.48. The Hall–Kier alpha value is -1.18. The number of halogens is 4. The molecule has 0 saturated heterocycles. The third-order valence-electron chi connectivity index (χ3n) is 3.79. The van der Waals surface area contributed by atoms with E-state index >= 15 is 0 Å². The molecule has 2 aromatic rings. The van der Waals surface area contributed by atoms with Crippen LogP contribution in [-0.4, -0.2) is 37.0 Å². The molecule has 0 aliphatic rings. The molecule has 8 heteroatoms. The molecule has 0 saturated carbocycles. The van der Waals surface area contributed by atoms with Crippen molar-refractivity contribution in [3.63, 3.8) is 0 Å². The summed E-state index contributed by atoms with van der Waals surface area (Å²) in [5, 5.41) is 4.80. The number of benzene rings is 2. The molecule has 2 rings (SSSR count). The summed E-state index contributed by atoms with van der Waals surface area (Å²) in [7, 11) is 1.35. The van der Waals surface area contributed by atoms with Gasteiger partial charge in [0.2, 0.25) is 0 Å². The summed E-state index contributed by atoms with van der Waals surface area (Å²) in [5.74, 6) is 0. The molecule has 0 fully saturated rings. The standard InChI is InChI=1S/C20H21BrCl2FNO3/c1-26-25-10-19(24)20(28-12-15-4-8-17(23)9-5-15)18(21)13-27-11-14-2-6-16(22)7-3-14/h2-10,18-20H,11-13H2,1H3/b25-10+/t18-,19+,20+/m0/s1. The lowest BCUT2D eigenvalue weighted by Gasteiger charge is -2.24. The molecule has 152 valence electrons. The average Bonchev–Trinajstić information content (AvgIpc) is 2.69. The van der Waals surface area contributed by atoms with Gasteiger partial charge in [-0.3, -0.25) is 0 Å². The zero-order valence-electron chi connectivity index (χ0n) is 15.2. The van der Waals surface area contributed by atoms with Crippen molar-refractivity contribution in [2.24, 2.45) is 5.16 Å². The predicted molar refractivity (Wildman–Crippen MR) is 114 cm³/mol. The monoisotopic (exact) mass is 491 g/mol. The highest BCUT2D eigenvalue weighted by atomic mass is 79.9. The Bertz CT molecular complexity index is 731. The summed E-state index contributed by atoms with van der Waals surface area (Å²) in [6.07, 6.45) is -1.23. The zero-order valence-corrected chi connectivity index (χ0v) is 18.3. The van der Waals surface area contributed by atoms with E-state index in [9.17, 15) is 4.39 Å². The highest BCUT2D eigenvalue weighted by molar-refractivity contribution is 9.09. The van der Waals surface area contributed by atoms with E-state index < -0.39 is 17.1 Å². The van der Waals surface area contributed by atoms with E-state index in [1.54, 1.807) is 24.3 Å². The second-order valence-electron chi connectivity index (χ2n) is 5.94. The summed E-state index contributed by atoms with van der Waals surface area (Å²) in [5.41, 5.74) is 1.85. The van der Waals surface area contributed by atoms with Crippen LogP contribution in [0, 0.1) is 0 Å². The summed E-state index contributed by atoms with van der Waals surface area (Å²) in [6, 6.07) is 14.5. The number of hydrogen-bond acceptors (Lipinski definition) is 4. The predicted octanol–water partition coefficient (Wildman–Crippen LogP) is 5.83. The fraction of sp³-hybridized carbons (Fsp3) is 0.350. The molecule has 4 nitrogen and oxygen atoms in total. The van der Waals surface area contributed by atoms with Crippen LogP contribution in [0.25, 0.3) is 0 Å². The first-order chi connectivity index (χ1) is 13.5. The molecule has 28 heavy (non-hydrogen) atoms. The molecule has 0 bridgehead atoms. The topological polar surface area (TPSA) is 40.0 Å². The zero-order chi connectivity index (χ0) is 20.4. The van der Waals surface area contributed by atoms with Crippen LogP contribution in [0.15, 0.2) is 53.7 Å². The molecule has 0 spiro atoms. The second kappa shape index (κ2) is 12.4. The summed E-state index contributed by atoms with van der Waals surface area (Å²) in [6.45, 7) is 0.851. The Labute approximate surface area is 182 Å². The third kappa shape index (κ3) is 8.05. The van der Waals surface area contributed by atoms with E-state index in [4.69, 9.17) is 32.7 Å². The van der Waals surface area contributed by atoms with Crippen molar-refractivity contribution in [3.05, 3.63) is 69.7 Å². The van der Waals surface area contributed by atoms with E-state index in [1.807, 2.05) is 24.3 Å². The highest BCUT2D eigenvalue weighted by Gasteiger charge is 2.28. The van der Waals surface area contributed by atoms with Gasteiger partial charge in [-0.15, -0.1) is 0 Å². The molecule has 0 radical (unpaired) electrons. The Morgan fingerprint density at radius 2 is 1.54 bits per heavy atom. The molecule has 0 heterocycles. The minimum absolute atomic E-state index is 0.225. The normalized spacial score (nSPS) is 14.8. The fourth-order valence-corrected chi connectivity index (χ4v) is 3.22. The SMILES string of the molecule is CO/N=C/[C@@H](F)[C@H](OCc1ccc(Cl)cc1)[C@@H](Br)COCc1ccc(Cl)cc1. The van der Waals surface area contributed by atoms with E-state index in [1.165, 1.54) is 7.11 Å². The number of rotatable bonds is 11. The van der Waals surface area contributed by atoms with Gasteiger partial charge in [0.1, 0.15) is 13.2 Å². The van der Waals surface area contributed by atoms with Gasteiger partial charge < -0.3 is 14.3 Å². The minimum Gasteiger partial charge on any atom is -0.399 e. The van der Waals surface area contributed by atoms with Crippen LogP contribution in [-0.2, 0) is 27.5 Å². The molecular weight excluding hydrogens is 472 g/mol. The van der Waals surface area contributed by atoms with Crippen molar-refractivity contribution >= 4 is 45.3 Å². The number of ether oxygens (including phenoxy) is 2. The van der Waals surface area contributed by atoms with E-state index in [2.05, 4.69) is 25.9 Å². The number of oxime groups is 1. The van der Waals surface area contributed by atoms with Crippen LogP contribution >= 0.6 is 39.1 Å². The largest absolute Gasteiger partial charge is 0.399 e. The van der Waals surface area contributed by atoms with Gasteiger partial charge >= 0.3 is 0 Å². The molecular formula is C20H21BrCl2FNO3. The molecule has 0 unspecified atom stereocenters. The van der Waals surface area contributed by atoms with E-state index in [0.29, 0.717) is 16.7 Å². The smallest absolute Gasteiger partial charge is 0.166 e. The molecule has 2 aromatic carbocycles. The Balaban J connectivity index is 1.93. The third-order valence-corrected chi connectivity index (χ3v) is 5.08. The van der Waals surface area contributed by atoms with Crippen molar-refractivity contribution in [2.75, 3.05) is 13.7 Å². The van der Waals surface area contributed by atoms with Crippen LogP contribution in [0.4, 0.5) is 4.39 Å². The first-order valence-electron chi connectivity index (χ1n) is 8.52. The van der Waals surface area contributed by atoms with E-state index in [0.717, 1.165) is 17.3 Å². The van der Waals surface area contributed by atoms with Crippen LogP contribution in [0.2, 0.25) is 10.0 Å². The lowest BCUT2D eigenvalue weighted by Crippen LogP contribution is -2.37. The van der Waals surface area contributed by atoms with Crippen LogP contribution in [0.3, 0.4) is 0 Å². The quantitative estimate of drug-likeness (QED) is 0.225. The van der Waals surface area contributed by atoms with Crippen molar-refractivity contribution in [1.82, 2.24) is 0 Å². The lowest BCUT2D eigenvalue weighted by atomic mass is 10.1. The number of alkyl halides is 2. The Kier molecular flexibility index (Phi) is 10.2. The summed E-state index contributed by atoms with van der Waals surface area (Å²) in [4.78, 5) is 4.17. The van der Waals surface area contributed by atoms with Gasteiger partial charge in [-0.2, -0.15) is 0 Å². The van der Waals surface area contributed by atoms with Gasteiger partial charge in [0.05, 0.1) is 30.9 Å². The maximum atomic E-state index is 14.6. The number of nitrogens with zero attached hydrogens (tertiary/aromatic N) is 1. The Morgan fingerprint density at radius 1 is 1.00 bits per heavy atom. The van der Waals surface area contributed by atoms with E-state index in [-0.39, 0.29) is 13.2 Å². The van der Waals surface area contributed by atoms with Gasteiger partial charge in [-0.1, -0.05) is 68.6 Å². The van der Waals surface area contributed by atoms with Crippen molar-refractivity contribution in [1.29, 1.82) is 0 Å². The first kappa shape index (κ1) is 23.1. The Morgan fingerprint density at radius 3 is 2.07 bits per heavy atom. The average molecular weight is 493 g/mol. The second-order valence-corrected chi connectivity index (χ2v) is 7.99. The number of hydrogen-bond donors (Lipinski definition) is 0. The maximum absolute atomic E-state index is 14.6. The van der Waals surface area contributed by atoms with Crippen LogP contribution in [0.5, 0.6) is 0 Å². The van der Waals surface area contributed by atoms with Crippen molar-refractivity contribution < 1.29 is 18.7 Å². The highest BCUT2D eigenvalue weighted by Crippen LogP contribution is 2.20. The first-order valence-corrected chi connectivity index (χ1v) is 10.2. The molecule has 0 aliphatic heterocycles. The molecule has 0 aromatic heterocycles. The van der Waals surface area contributed by atoms with Gasteiger partial charge in [0, 0.05) is 10.0 Å². The molecule has 0 aliphatic carbocycles. The van der Waals surface area contributed by atoms with Gasteiger partial charge in [-0.25, -0.2) is 4.39 Å². The van der Waals surface area contributed by atoms with Gasteiger partial charge in [-0.05, 0) is 35.4 Å². The van der Waals surface area contributed by atoms with Crippen LogP contribution in [0.1, 0.15) is 11.1 Å². The molecule has 0 N–H and O–H groups in total.